The lowest BCUT2D eigenvalue weighted by Crippen LogP contribution is -1.86. The Kier molecular flexibility index (Phi) is 8.51. The Bertz CT molecular complexity index is 183. The van der Waals surface area contributed by atoms with E-state index in [9.17, 15) is 9.18 Å². The Labute approximate surface area is 71.0 Å². The molecule has 0 aromatic carbocycles. The van der Waals surface area contributed by atoms with Crippen molar-refractivity contribution in [2.45, 2.75) is 6.42 Å². The van der Waals surface area contributed by atoms with Gasteiger partial charge in [-0.05, 0) is 12.2 Å². The highest BCUT2D eigenvalue weighted by molar-refractivity contribution is 5.49. The molecule has 0 radical (unpaired) electrons. The van der Waals surface area contributed by atoms with Crippen LogP contribution in [0, 0.1) is 0 Å². The third kappa shape index (κ3) is 8.62. The van der Waals surface area contributed by atoms with Crippen LogP contribution in [-0.4, -0.2) is 12.9 Å². The molecule has 0 amide bonds. The zero-order chi connectivity index (χ0) is 9.07. The fraction of sp³-hybridized carbons (Fsp3) is 0.222. The zero-order valence-corrected chi connectivity index (χ0v) is 6.65. The lowest BCUT2D eigenvalue weighted by molar-refractivity contribution is -0.108. The van der Waals surface area contributed by atoms with Gasteiger partial charge in [0.25, 0.3) is 0 Å². The van der Waals surface area contributed by atoms with Crippen molar-refractivity contribution in [2.75, 3.05) is 6.61 Å². The second kappa shape index (κ2) is 9.62. The minimum atomic E-state index is 0.382. The fourth-order valence-electron chi connectivity index (χ4n) is 0.455. The second-order valence-corrected chi connectivity index (χ2v) is 1.86. The monoisotopic (exact) mass is 170 g/mol. The maximum Gasteiger partial charge on any atom is 0.123 e. The molecule has 0 saturated heterocycles. The van der Waals surface area contributed by atoms with Crippen molar-refractivity contribution in [1.82, 2.24) is 0 Å². The van der Waals surface area contributed by atoms with Crippen molar-refractivity contribution in [1.29, 1.82) is 0 Å². The molecule has 0 aliphatic carbocycles. The minimum Gasteiger partial charge on any atom is -0.501 e. The van der Waals surface area contributed by atoms with Crippen LogP contribution in [0.4, 0.5) is 4.39 Å². The summed E-state index contributed by atoms with van der Waals surface area (Å²) in [5, 5.41) is 0. The van der Waals surface area contributed by atoms with E-state index in [1.807, 2.05) is 0 Å². The van der Waals surface area contributed by atoms with Gasteiger partial charge in [-0.25, -0.2) is 4.39 Å². The molecule has 0 aromatic rings. The summed E-state index contributed by atoms with van der Waals surface area (Å²) in [6.45, 7) is 0.382. The molecule has 3 heteroatoms. The summed E-state index contributed by atoms with van der Waals surface area (Å²) in [4.78, 5) is 9.81. The van der Waals surface area contributed by atoms with Gasteiger partial charge in [0.05, 0.1) is 19.2 Å². The normalized spacial score (nSPS) is 11.8. The molecule has 0 rings (SSSR count). The van der Waals surface area contributed by atoms with Crippen molar-refractivity contribution in [3.63, 3.8) is 0 Å². The molecule has 0 bridgehead atoms. The minimum absolute atomic E-state index is 0.382. The molecule has 0 fully saturated rings. The number of aldehydes is 1. The molecule has 0 spiro atoms. The standard InChI is InChI=1S/C9H11FO2/c10-6-3-1-2-4-8-12-9-5-7-11/h1-4,6-8H,5,9H2/b2-1-,6-3+,8-4+. The summed E-state index contributed by atoms with van der Waals surface area (Å²) in [5.41, 5.74) is 0. The van der Waals surface area contributed by atoms with E-state index in [1.54, 1.807) is 12.2 Å². The Morgan fingerprint density at radius 3 is 2.58 bits per heavy atom. The summed E-state index contributed by atoms with van der Waals surface area (Å²) in [7, 11) is 0. The van der Waals surface area contributed by atoms with Crippen LogP contribution in [0.5, 0.6) is 0 Å². The summed E-state index contributed by atoms with van der Waals surface area (Å²) < 4.78 is 16.2. The number of halogens is 1. The molecular weight excluding hydrogens is 159 g/mol. The first-order valence-corrected chi connectivity index (χ1v) is 3.55. The van der Waals surface area contributed by atoms with E-state index in [2.05, 4.69) is 0 Å². The van der Waals surface area contributed by atoms with Crippen LogP contribution < -0.4 is 0 Å². The van der Waals surface area contributed by atoms with Crippen LogP contribution in [-0.2, 0) is 9.53 Å². The molecular formula is C9H11FO2. The number of hydrogen-bond acceptors (Lipinski definition) is 2. The number of carbonyl (C=O) groups is 1. The highest BCUT2D eigenvalue weighted by Crippen LogP contribution is 1.83. The molecule has 0 aliphatic rings. The van der Waals surface area contributed by atoms with Gasteiger partial charge in [-0.15, -0.1) is 0 Å². The predicted molar refractivity (Wildman–Crippen MR) is 45.2 cm³/mol. The lowest BCUT2D eigenvalue weighted by atomic mass is 10.5. The molecule has 0 atom stereocenters. The highest BCUT2D eigenvalue weighted by atomic mass is 19.1. The molecule has 0 aromatic heterocycles. The van der Waals surface area contributed by atoms with E-state index >= 15 is 0 Å². The van der Waals surface area contributed by atoms with Gasteiger partial charge < -0.3 is 9.53 Å². The van der Waals surface area contributed by atoms with Gasteiger partial charge in [-0.2, -0.15) is 0 Å². The Morgan fingerprint density at radius 2 is 1.92 bits per heavy atom. The van der Waals surface area contributed by atoms with Crippen LogP contribution in [0.25, 0.3) is 0 Å². The summed E-state index contributed by atoms with van der Waals surface area (Å²) in [6.07, 6.45) is 9.09. The maximum absolute atomic E-state index is 11.3. The average Bonchev–Trinajstić information content (AvgIpc) is 2.10. The van der Waals surface area contributed by atoms with E-state index in [0.717, 1.165) is 6.29 Å². The van der Waals surface area contributed by atoms with E-state index in [0.29, 0.717) is 19.4 Å². The Hall–Kier alpha value is -1.38. The highest BCUT2D eigenvalue weighted by Gasteiger charge is 1.77. The van der Waals surface area contributed by atoms with Gasteiger partial charge in [0, 0.05) is 6.42 Å². The zero-order valence-electron chi connectivity index (χ0n) is 6.65. The first-order valence-electron chi connectivity index (χ1n) is 3.55. The van der Waals surface area contributed by atoms with Crippen molar-refractivity contribution < 1.29 is 13.9 Å². The van der Waals surface area contributed by atoms with Gasteiger partial charge >= 0.3 is 0 Å². The maximum atomic E-state index is 11.3. The largest absolute Gasteiger partial charge is 0.501 e. The fourth-order valence-corrected chi connectivity index (χ4v) is 0.455. The Morgan fingerprint density at radius 1 is 1.17 bits per heavy atom. The summed E-state index contributed by atoms with van der Waals surface area (Å²) >= 11 is 0. The van der Waals surface area contributed by atoms with Crippen LogP contribution in [0.15, 0.2) is 36.9 Å². The molecule has 0 saturated carbocycles. The van der Waals surface area contributed by atoms with Crippen LogP contribution in [0.1, 0.15) is 6.42 Å². The van der Waals surface area contributed by atoms with Crippen LogP contribution >= 0.6 is 0 Å². The lowest BCUT2D eigenvalue weighted by Gasteiger charge is -1.91. The van der Waals surface area contributed by atoms with E-state index in [4.69, 9.17) is 4.74 Å². The number of rotatable bonds is 6. The van der Waals surface area contributed by atoms with Crippen LogP contribution in [0.2, 0.25) is 0 Å². The quantitative estimate of drug-likeness (QED) is 0.264. The van der Waals surface area contributed by atoms with Crippen molar-refractivity contribution in [3.05, 3.63) is 36.9 Å². The predicted octanol–water partition coefficient (Wildman–Crippen LogP) is 2.15. The third-order valence-corrected chi connectivity index (χ3v) is 0.934. The molecule has 0 unspecified atom stereocenters. The first-order chi connectivity index (χ1) is 5.91. The first kappa shape index (κ1) is 10.6. The van der Waals surface area contributed by atoms with Gasteiger partial charge in [-0.1, -0.05) is 12.2 Å². The summed E-state index contributed by atoms with van der Waals surface area (Å²) in [6, 6.07) is 0. The van der Waals surface area contributed by atoms with Crippen molar-refractivity contribution in [3.8, 4) is 0 Å². The van der Waals surface area contributed by atoms with Crippen LogP contribution in [0.3, 0.4) is 0 Å². The van der Waals surface area contributed by atoms with Gasteiger partial charge in [-0.3, -0.25) is 0 Å². The SMILES string of the molecule is O=CCCO/C=C/C=C\C=C\F. The Balaban J connectivity index is 3.30. The molecule has 66 valence electrons. The number of allylic oxidation sites excluding steroid dienone is 4. The summed E-state index contributed by atoms with van der Waals surface area (Å²) in [5.74, 6) is 0. The molecule has 0 N–H and O–H groups in total. The molecule has 12 heavy (non-hydrogen) atoms. The molecule has 0 heterocycles. The smallest absolute Gasteiger partial charge is 0.123 e. The van der Waals surface area contributed by atoms with Crippen molar-refractivity contribution >= 4 is 6.29 Å². The number of carbonyl (C=O) groups excluding carboxylic acids is 1. The molecule has 2 nitrogen and oxygen atoms in total. The van der Waals surface area contributed by atoms with E-state index in [1.165, 1.54) is 18.4 Å². The van der Waals surface area contributed by atoms with Gasteiger partial charge in [0.15, 0.2) is 0 Å². The van der Waals surface area contributed by atoms with Gasteiger partial charge in [0.1, 0.15) is 6.29 Å². The van der Waals surface area contributed by atoms with Crippen molar-refractivity contribution in [2.24, 2.45) is 0 Å². The van der Waals surface area contributed by atoms with E-state index in [-0.39, 0.29) is 0 Å². The third-order valence-electron chi connectivity index (χ3n) is 0.934. The number of hydrogen-bond donors (Lipinski definition) is 0. The second-order valence-electron chi connectivity index (χ2n) is 1.86. The van der Waals surface area contributed by atoms with E-state index < -0.39 is 0 Å². The molecule has 0 aliphatic heterocycles. The van der Waals surface area contributed by atoms with Gasteiger partial charge in [0.2, 0.25) is 0 Å². The topological polar surface area (TPSA) is 26.3 Å². The average molecular weight is 170 g/mol. The number of ether oxygens (including phenoxy) is 1.